The molecule has 112 valence electrons. The first-order valence-corrected chi connectivity index (χ1v) is 9.49. The quantitative estimate of drug-likeness (QED) is 0.827. The van der Waals surface area contributed by atoms with E-state index in [1.165, 1.54) is 36.0 Å². The van der Waals surface area contributed by atoms with E-state index in [9.17, 15) is 0 Å². The number of aromatic nitrogens is 1. The van der Waals surface area contributed by atoms with E-state index in [0.29, 0.717) is 6.04 Å². The predicted octanol–water partition coefficient (Wildman–Crippen LogP) is 4.76. The number of fused-ring (bicyclic) bond motifs is 1. The van der Waals surface area contributed by atoms with Crippen LogP contribution in [-0.2, 0) is 6.54 Å². The Hall–Kier alpha value is -0.580. The van der Waals surface area contributed by atoms with Gasteiger partial charge in [0.25, 0.3) is 0 Å². The molecule has 1 aliphatic rings. The molecule has 1 aromatic carbocycles. The lowest BCUT2D eigenvalue weighted by atomic mass is 10.1. The third kappa shape index (κ3) is 3.61. The summed E-state index contributed by atoms with van der Waals surface area (Å²) in [7, 11) is 0. The van der Waals surface area contributed by atoms with Crippen LogP contribution in [0.25, 0.3) is 10.9 Å². The van der Waals surface area contributed by atoms with E-state index in [1.54, 1.807) is 0 Å². The highest BCUT2D eigenvalue weighted by Gasteiger charge is 2.24. The molecule has 1 saturated carbocycles. The third-order valence-electron chi connectivity index (χ3n) is 4.17. The molecule has 21 heavy (non-hydrogen) atoms. The van der Waals surface area contributed by atoms with Gasteiger partial charge in [0, 0.05) is 33.9 Å². The molecule has 4 heteroatoms. The molecule has 1 heterocycles. The van der Waals surface area contributed by atoms with Crippen LogP contribution < -0.4 is 5.32 Å². The Morgan fingerprint density at radius 1 is 1.33 bits per heavy atom. The number of nitrogens with one attached hydrogen (secondary N) is 1. The molecule has 1 aliphatic carbocycles. The number of thioether (sulfide) groups is 1. The fourth-order valence-electron chi connectivity index (χ4n) is 3.11. The largest absolute Gasteiger partial charge is 0.310 e. The van der Waals surface area contributed by atoms with Crippen LogP contribution in [0.2, 0.25) is 0 Å². The Balaban J connectivity index is 1.68. The standard InChI is InChI=1S/C17H21BrN2S/c1-2-21-14-7-6-13(10-14)20-11-12-5-8-16(18)15-4-3-9-19-17(12)15/h3-5,8-9,13-14,20H,2,6-7,10-11H2,1H3. The SMILES string of the molecule is CCSC1CCC(NCc2ccc(Br)c3cccnc23)C1. The molecular weight excluding hydrogens is 344 g/mol. The summed E-state index contributed by atoms with van der Waals surface area (Å²) in [5, 5.41) is 5.78. The van der Waals surface area contributed by atoms with Crippen molar-refractivity contribution < 1.29 is 0 Å². The maximum absolute atomic E-state index is 4.56. The van der Waals surface area contributed by atoms with Crippen LogP contribution in [-0.4, -0.2) is 22.0 Å². The van der Waals surface area contributed by atoms with Crippen LogP contribution in [0.3, 0.4) is 0 Å². The van der Waals surface area contributed by atoms with Gasteiger partial charge < -0.3 is 5.32 Å². The Bertz CT molecular complexity index is 617. The summed E-state index contributed by atoms with van der Waals surface area (Å²) in [5.41, 5.74) is 2.40. The van der Waals surface area contributed by atoms with Gasteiger partial charge in [-0.2, -0.15) is 11.8 Å². The van der Waals surface area contributed by atoms with Crippen LogP contribution in [0.15, 0.2) is 34.9 Å². The second-order valence-corrected chi connectivity index (χ2v) is 8.01. The fourth-order valence-corrected chi connectivity index (χ4v) is 4.70. The maximum atomic E-state index is 4.56. The van der Waals surface area contributed by atoms with E-state index in [2.05, 4.69) is 63.1 Å². The van der Waals surface area contributed by atoms with Crippen molar-refractivity contribution in [2.24, 2.45) is 0 Å². The van der Waals surface area contributed by atoms with Crippen LogP contribution in [0.1, 0.15) is 31.7 Å². The average molecular weight is 365 g/mol. The number of nitrogens with zero attached hydrogens (tertiary/aromatic N) is 1. The van der Waals surface area contributed by atoms with E-state index in [0.717, 1.165) is 21.8 Å². The number of hydrogen-bond acceptors (Lipinski definition) is 3. The van der Waals surface area contributed by atoms with Crippen molar-refractivity contribution in [3.8, 4) is 0 Å². The molecule has 2 unspecified atom stereocenters. The van der Waals surface area contributed by atoms with Crippen LogP contribution in [0.5, 0.6) is 0 Å². The Morgan fingerprint density at radius 2 is 2.24 bits per heavy atom. The van der Waals surface area contributed by atoms with Gasteiger partial charge in [-0.15, -0.1) is 0 Å². The predicted molar refractivity (Wildman–Crippen MR) is 95.8 cm³/mol. The first-order valence-electron chi connectivity index (χ1n) is 7.65. The minimum atomic E-state index is 0.663. The molecule has 0 spiro atoms. The molecule has 0 amide bonds. The van der Waals surface area contributed by atoms with Crippen molar-refractivity contribution in [3.63, 3.8) is 0 Å². The average Bonchev–Trinajstić information content (AvgIpc) is 2.95. The Kier molecular flexibility index (Phi) is 5.19. The Labute approximate surface area is 139 Å². The van der Waals surface area contributed by atoms with Gasteiger partial charge in [0.1, 0.15) is 0 Å². The summed E-state index contributed by atoms with van der Waals surface area (Å²) < 4.78 is 1.12. The number of pyridine rings is 1. The zero-order valence-corrected chi connectivity index (χ0v) is 14.7. The zero-order valence-electron chi connectivity index (χ0n) is 12.3. The van der Waals surface area contributed by atoms with E-state index in [-0.39, 0.29) is 0 Å². The minimum Gasteiger partial charge on any atom is -0.310 e. The second-order valence-electron chi connectivity index (χ2n) is 5.57. The summed E-state index contributed by atoms with van der Waals surface area (Å²) in [6, 6.07) is 9.09. The molecular formula is C17H21BrN2S. The Morgan fingerprint density at radius 3 is 3.10 bits per heavy atom. The summed E-state index contributed by atoms with van der Waals surface area (Å²) >= 11 is 5.72. The van der Waals surface area contributed by atoms with Crippen molar-refractivity contribution in [3.05, 3.63) is 40.5 Å². The van der Waals surface area contributed by atoms with Crippen molar-refractivity contribution >= 4 is 38.6 Å². The van der Waals surface area contributed by atoms with Gasteiger partial charge in [-0.1, -0.05) is 35.0 Å². The summed E-state index contributed by atoms with van der Waals surface area (Å²) in [6.07, 6.45) is 5.84. The molecule has 1 N–H and O–H groups in total. The first kappa shape index (κ1) is 15.3. The van der Waals surface area contributed by atoms with E-state index in [1.807, 2.05) is 12.3 Å². The van der Waals surface area contributed by atoms with Crippen LogP contribution in [0.4, 0.5) is 0 Å². The first-order chi connectivity index (χ1) is 10.3. The van der Waals surface area contributed by atoms with Crippen molar-refractivity contribution in [2.45, 2.75) is 44.0 Å². The highest BCUT2D eigenvalue weighted by atomic mass is 79.9. The van der Waals surface area contributed by atoms with Crippen molar-refractivity contribution in [2.75, 3.05) is 5.75 Å². The molecule has 0 radical (unpaired) electrons. The van der Waals surface area contributed by atoms with Crippen LogP contribution >= 0.6 is 27.7 Å². The van der Waals surface area contributed by atoms with E-state index < -0.39 is 0 Å². The van der Waals surface area contributed by atoms with Gasteiger partial charge in [0.05, 0.1) is 5.52 Å². The minimum absolute atomic E-state index is 0.663. The van der Waals surface area contributed by atoms with Gasteiger partial charge in [0.15, 0.2) is 0 Å². The highest BCUT2D eigenvalue weighted by Crippen LogP contribution is 2.30. The van der Waals surface area contributed by atoms with Gasteiger partial charge >= 0.3 is 0 Å². The van der Waals surface area contributed by atoms with Crippen LogP contribution in [0, 0.1) is 0 Å². The van der Waals surface area contributed by atoms with Crippen molar-refractivity contribution in [1.29, 1.82) is 0 Å². The second kappa shape index (κ2) is 7.12. The molecule has 0 saturated heterocycles. The van der Waals surface area contributed by atoms with Gasteiger partial charge in [-0.25, -0.2) is 0 Å². The smallest absolute Gasteiger partial charge is 0.0758 e. The fraction of sp³-hybridized carbons (Fsp3) is 0.471. The normalized spacial score (nSPS) is 22.0. The summed E-state index contributed by atoms with van der Waals surface area (Å²) in [5.74, 6) is 1.23. The molecule has 2 nitrogen and oxygen atoms in total. The lowest BCUT2D eigenvalue weighted by Crippen LogP contribution is -2.26. The third-order valence-corrected chi connectivity index (χ3v) is 6.09. The molecule has 1 fully saturated rings. The summed E-state index contributed by atoms with van der Waals surface area (Å²) in [6.45, 7) is 3.17. The topological polar surface area (TPSA) is 24.9 Å². The molecule has 0 aliphatic heterocycles. The molecule has 3 rings (SSSR count). The molecule has 0 bridgehead atoms. The number of rotatable bonds is 5. The molecule has 2 aromatic rings. The highest BCUT2D eigenvalue weighted by molar-refractivity contribution is 9.10. The monoisotopic (exact) mass is 364 g/mol. The van der Waals surface area contributed by atoms with Gasteiger partial charge in [-0.3, -0.25) is 4.98 Å². The maximum Gasteiger partial charge on any atom is 0.0758 e. The van der Waals surface area contributed by atoms with E-state index >= 15 is 0 Å². The molecule has 1 aromatic heterocycles. The molecule has 2 atom stereocenters. The lowest BCUT2D eigenvalue weighted by molar-refractivity contribution is 0.526. The van der Waals surface area contributed by atoms with Gasteiger partial charge in [-0.05, 0) is 42.7 Å². The number of benzene rings is 1. The number of halogens is 1. The number of hydrogen-bond donors (Lipinski definition) is 1. The van der Waals surface area contributed by atoms with Crippen molar-refractivity contribution in [1.82, 2.24) is 10.3 Å². The summed E-state index contributed by atoms with van der Waals surface area (Å²) in [4.78, 5) is 4.56. The zero-order chi connectivity index (χ0) is 14.7. The lowest BCUT2D eigenvalue weighted by Gasteiger charge is -2.14. The van der Waals surface area contributed by atoms with E-state index in [4.69, 9.17) is 0 Å². The van der Waals surface area contributed by atoms with Gasteiger partial charge in [0.2, 0.25) is 0 Å².